The minimum absolute atomic E-state index is 0.0526. The van der Waals surface area contributed by atoms with Crippen molar-refractivity contribution in [1.82, 2.24) is 15.3 Å². The van der Waals surface area contributed by atoms with Crippen molar-refractivity contribution in [2.75, 3.05) is 6.61 Å². The second-order valence-corrected chi connectivity index (χ2v) is 5.49. The average Bonchev–Trinajstić information content (AvgIpc) is 3.03. The number of nitrogens with zero attached hydrogens (tertiary/aromatic N) is 1. The Bertz CT molecular complexity index is 449. The first kappa shape index (κ1) is 11.7. The Kier molecular flexibility index (Phi) is 2.86. The summed E-state index contributed by atoms with van der Waals surface area (Å²) in [6.07, 6.45) is 7.38. The van der Waals surface area contributed by atoms with E-state index in [0.29, 0.717) is 12.4 Å². The number of H-pyrrole nitrogens is 1. The van der Waals surface area contributed by atoms with Crippen molar-refractivity contribution in [2.24, 2.45) is 0 Å². The molecule has 1 aromatic heterocycles. The predicted molar refractivity (Wildman–Crippen MR) is 66.3 cm³/mol. The SMILES string of the molecule is Cc1cnc(C(=O)N[C@H]2COC3(CCCC3)C2)[nH]1. The molecule has 1 spiro atoms. The number of aryl methyl sites for hydroxylation is 1. The van der Waals surface area contributed by atoms with Gasteiger partial charge in [-0.15, -0.1) is 0 Å². The second-order valence-electron chi connectivity index (χ2n) is 5.49. The molecule has 1 aliphatic heterocycles. The Balaban J connectivity index is 1.59. The molecule has 0 bridgehead atoms. The first-order valence-electron chi connectivity index (χ1n) is 6.63. The van der Waals surface area contributed by atoms with Gasteiger partial charge in [-0.2, -0.15) is 0 Å². The first-order valence-corrected chi connectivity index (χ1v) is 6.63. The van der Waals surface area contributed by atoms with Crippen LogP contribution < -0.4 is 5.32 Å². The molecule has 0 aromatic carbocycles. The largest absolute Gasteiger partial charge is 0.373 e. The van der Waals surface area contributed by atoms with E-state index in [1.807, 2.05) is 6.92 Å². The van der Waals surface area contributed by atoms with Crippen molar-refractivity contribution in [1.29, 1.82) is 0 Å². The molecule has 1 aliphatic carbocycles. The van der Waals surface area contributed by atoms with Gasteiger partial charge >= 0.3 is 0 Å². The summed E-state index contributed by atoms with van der Waals surface area (Å²) < 4.78 is 5.91. The van der Waals surface area contributed by atoms with Gasteiger partial charge in [0.2, 0.25) is 0 Å². The van der Waals surface area contributed by atoms with Crippen molar-refractivity contribution < 1.29 is 9.53 Å². The molecule has 2 heterocycles. The molecule has 98 valence electrons. The van der Waals surface area contributed by atoms with Gasteiger partial charge in [-0.3, -0.25) is 4.79 Å². The highest BCUT2D eigenvalue weighted by atomic mass is 16.5. The highest BCUT2D eigenvalue weighted by Crippen LogP contribution is 2.40. The lowest BCUT2D eigenvalue weighted by Crippen LogP contribution is -2.36. The number of aromatic amines is 1. The maximum absolute atomic E-state index is 12.0. The molecule has 5 nitrogen and oxygen atoms in total. The fourth-order valence-corrected chi connectivity index (χ4v) is 3.09. The maximum atomic E-state index is 12.0. The highest BCUT2D eigenvalue weighted by molar-refractivity contribution is 5.90. The summed E-state index contributed by atoms with van der Waals surface area (Å²) in [6.45, 7) is 2.52. The van der Waals surface area contributed by atoms with Gasteiger partial charge in [-0.1, -0.05) is 12.8 Å². The van der Waals surface area contributed by atoms with Crippen LogP contribution in [-0.2, 0) is 4.74 Å². The lowest BCUT2D eigenvalue weighted by molar-refractivity contribution is 0.00987. The zero-order chi connectivity index (χ0) is 12.6. The van der Waals surface area contributed by atoms with Gasteiger partial charge in [0, 0.05) is 11.9 Å². The van der Waals surface area contributed by atoms with Crippen LogP contribution in [0.5, 0.6) is 0 Å². The minimum atomic E-state index is -0.133. The number of ether oxygens (including phenoxy) is 1. The summed E-state index contributed by atoms with van der Waals surface area (Å²) in [5.74, 6) is 0.256. The minimum Gasteiger partial charge on any atom is -0.373 e. The Morgan fingerprint density at radius 1 is 1.56 bits per heavy atom. The fraction of sp³-hybridized carbons (Fsp3) is 0.692. The molecule has 0 unspecified atom stereocenters. The third-order valence-electron chi connectivity index (χ3n) is 3.98. The quantitative estimate of drug-likeness (QED) is 0.835. The average molecular weight is 249 g/mol. The van der Waals surface area contributed by atoms with E-state index in [4.69, 9.17) is 4.74 Å². The fourth-order valence-electron chi connectivity index (χ4n) is 3.09. The van der Waals surface area contributed by atoms with E-state index in [1.54, 1.807) is 6.20 Å². The summed E-state index contributed by atoms with van der Waals surface area (Å²) >= 11 is 0. The van der Waals surface area contributed by atoms with Crippen LogP contribution in [0.2, 0.25) is 0 Å². The molecular weight excluding hydrogens is 230 g/mol. The van der Waals surface area contributed by atoms with E-state index in [2.05, 4.69) is 15.3 Å². The number of hydrogen-bond donors (Lipinski definition) is 2. The molecule has 1 amide bonds. The summed E-state index contributed by atoms with van der Waals surface area (Å²) in [7, 11) is 0. The van der Waals surface area contributed by atoms with E-state index in [9.17, 15) is 4.79 Å². The third kappa shape index (κ3) is 2.14. The van der Waals surface area contributed by atoms with E-state index in [0.717, 1.165) is 25.0 Å². The Morgan fingerprint density at radius 3 is 3.00 bits per heavy atom. The van der Waals surface area contributed by atoms with Crippen LogP contribution in [0.1, 0.15) is 48.4 Å². The molecule has 1 atom stereocenters. The predicted octanol–water partition coefficient (Wildman–Crippen LogP) is 1.55. The lowest BCUT2D eigenvalue weighted by atomic mass is 9.96. The van der Waals surface area contributed by atoms with Gasteiger partial charge in [0.05, 0.1) is 18.2 Å². The number of hydrogen-bond acceptors (Lipinski definition) is 3. The van der Waals surface area contributed by atoms with E-state index >= 15 is 0 Å². The third-order valence-corrected chi connectivity index (χ3v) is 3.98. The molecule has 1 aromatic rings. The number of rotatable bonds is 2. The van der Waals surface area contributed by atoms with Crippen molar-refractivity contribution in [3.8, 4) is 0 Å². The van der Waals surface area contributed by atoms with Crippen LogP contribution >= 0.6 is 0 Å². The lowest BCUT2D eigenvalue weighted by Gasteiger charge is -2.21. The number of amides is 1. The zero-order valence-corrected chi connectivity index (χ0v) is 10.7. The van der Waals surface area contributed by atoms with Crippen LogP contribution in [0.25, 0.3) is 0 Å². The standard InChI is InChI=1S/C13H19N3O2/c1-9-7-14-11(15-9)12(17)16-10-6-13(18-8-10)4-2-3-5-13/h7,10H,2-6,8H2,1H3,(H,14,15)(H,16,17)/t10-/m1/s1. The number of carbonyl (C=O) groups is 1. The number of nitrogens with one attached hydrogen (secondary N) is 2. The van der Waals surface area contributed by atoms with Crippen molar-refractivity contribution in [2.45, 2.75) is 50.7 Å². The molecule has 0 radical (unpaired) electrons. The Labute approximate surface area is 106 Å². The molecular formula is C13H19N3O2. The monoisotopic (exact) mass is 249 g/mol. The van der Waals surface area contributed by atoms with Gasteiger partial charge in [0.1, 0.15) is 0 Å². The number of aromatic nitrogens is 2. The van der Waals surface area contributed by atoms with Gasteiger partial charge in [0.15, 0.2) is 5.82 Å². The molecule has 1 saturated heterocycles. The van der Waals surface area contributed by atoms with Gasteiger partial charge < -0.3 is 15.0 Å². The van der Waals surface area contributed by atoms with Crippen LogP contribution in [0.4, 0.5) is 0 Å². The highest BCUT2D eigenvalue weighted by Gasteiger charge is 2.42. The van der Waals surface area contributed by atoms with Gasteiger partial charge in [-0.25, -0.2) is 4.98 Å². The van der Waals surface area contributed by atoms with E-state index in [-0.39, 0.29) is 17.6 Å². The summed E-state index contributed by atoms with van der Waals surface area (Å²) in [6, 6.07) is 0.126. The molecule has 2 N–H and O–H groups in total. The topological polar surface area (TPSA) is 67.0 Å². The normalized spacial score (nSPS) is 25.7. The second kappa shape index (κ2) is 4.39. The van der Waals surface area contributed by atoms with E-state index in [1.165, 1.54) is 12.8 Å². The van der Waals surface area contributed by atoms with Crippen LogP contribution in [0, 0.1) is 6.92 Å². The zero-order valence-electron chi connectivity index (χ0n) is 10.7. The summed E-state index contributed by atoms with van der Waals surface area (Å²) in [4.78, 5) is 18.9. The van der Waals surface area contributed by atoms with E-state index < -0.39 is 0 Å². The number of carbonyl (C=O) groups excluding carboxylic acids is 1. The molecule has 2 fully saturated rings. The number of imidazole rings is 1. The van der Waals surface area contributed by atoms with Crippen molar-refractivity contribution in [3.63, 3.8) is 0 Å². The van der Waals surface area contributed by atoms with Gasteiger partial charge in [-0.05, 0) is 26.2 Å². The molecule has 3 rings (SSSR count). The van der Waals surface area contributed by atoms with Crippen molar-refractivity contribution >= 4 is 5.91 Å². The van der Waals surface area contributed by atoms with Crippen LogP contribution in [-0.4, -0.2) is 34.1 Å². The smallest absolute Gasteiger partial charge is 0.287 e. The van der Waals surface area contributed by atoms with Crippen LogP contribution in [0.3, 0.4) is 0 Å². The molecule has 18 heavy (non-hydrogen) atoms. The Morgan fingerprint density at radius 2 is 2.33 bits per heavy atom. The Hall–Kier alpha value is -1.36. The molecule has 2 aliphatic rings. The molecule has 5 heteroatoms. The molecule has 1 saturated carbocycles. The van der Waals surface area contributed by atoms with Gasteiger partial charge in [0.25, 0.3) is 5.91 Å². The van der Waals surface area contributed by atoms with Crippen LogP contribution in [0.15, 0.2) is 6.20 Å². The summed E-state index contributed by atoms with van der Waals surface area (Å²) in [5, 5.41) is 3.00. The summed E-state index contributed by atoms with van der Waals surface area (Å²) in [5.41, 5.74) is 0.951. The van der Waals surface area contributed by atoms with Crippen molar-refractivity contribution in [3.05, 3.63) is 17.7 Å². The first-order chi connectivity index (χ1) is 8.67. The maximum Gasteiger partial charge on any atom is 0.287 e.